The zero-order chi connectivity index (χ0) is 18.6. The number of hydrogen-bond acceptors (Lipinski definition) is 5. The van der Waals surface area contributed by atoms with Crippen molar-refractivity contribution in [1.82, 2.24) is 25.4 Å². The molecule has 0 radical (unpaired) electrons. The first-order valence-electron chi connectivity index (χ1n) is 10.4. The van der Waals surface area contributed by atoms with E-state index in [2.05, 4.69) is 36.6 Å². The Balaban J connectivity index is 0.00000225. The second-order valence-corrected chi connectivity index (χ2v) is 8.65. The zero-order valence-corrected chi connectivity index (χ0v) is 20.0. The molecule has 2 saturated heterocycles. The van der Waals surface area contributed by atoms with Crippen molar-refractivity contribution < 1.29 is 4.74 Å². The van der Waals surface area contributed by atoms with E-state index in [4.69, 9.17) is 4.74 Å². The largest absolute Gasteiger partial charge is 0.373 e. The predicted molar refractivity (Wildman–Crippen MR) is 124 cm³/mol. The van der Waals surface area contributed by atoms with Gasteiger partial charge < -0.3 is 19.9 Å². The molecule has 4 rings (SSSR count). The maximum absolute atomic E-state index is 5.92. The minimum Gasteiger partial charge on any atom is -0.373 e. The van der Waals surface area contributed by atoms with Gasteiger partial charge in [-0.1, -0.05) is 24.6 Å². The van der Waals surface area contributed by atoms with Crippen LogP contribution in [0.1, 0.15) is 63.2 Å². The highest BCUT2D eigenvalue weighted by Crippen LogP contribution is 2.34. The van der Waals surface area contributed by atoms with Gasteiger partial charge in [0.1, 0.15) is 5.82 Å². The maximum atomic E-state index is 5.92. The fourth-order valence-corrected chi connectivity index (χ4v) is 5.33. The Kier molecular flexibility index (Phi) is 8.28. The molecule has 3 heterocycles. The summed E-state index contributed by atoms with van der Waals surface area (Å²) in [4.78, 5) is 4.38. The van der Waals surface area contributed by atoms with Gasteiger partial charge in [-0.15, -0.1) is 34.2 Å². The third-order valence-corrected chi connectivity index (χ3v) is 6.77. The summed E-state index contributed by atoms with van der Waals surface area (Å²) in [6.07, 6.45) is 13.6. The highest BCUT2D eigenvalue weighted by molar-refractivity contribution is 14.0. The molecule has 0 amide bonds. The number of aromatic nitrogens is 3. The molecule has 3 unspecified atom stereocenters. The van der Waals surface area contributed by atoms with Gasteiger partial charge in [-0.05, 0) is 44.8 Å². The lowest BCUT2D eigenvalue weighted by molar-refractivity contribution is 0.0992. The molecule has 0 aromatic carbocycles. The third kappa shape index (κ3) is 4.95. The molecule has 9 heteroatoms. The first-order valence-corrected chi connectivity index (χ1v) is 11.6. The summed E-state index contributed by atoms with van der Waals surface area (Å²) in [7, 11) is 1.84. The van der Waals surface area contributed by atoms with Gasteiger partial charge >= 0.3 is 0 Å². The van der Waals surface area contributed by atoms with Gasteiger partial charge in [0.15, 0.2) is 11.1 Å². The Bertz CT molecular complexity index is 663. The van der Waals surface area contributed by atoms with Crippen LogP contribution in [0, 0.1) is 0 Å². The molecule has 1 saturated carbocycles. The highest BCUT2D eigenvalue weighted by atomic mass is 127. The standard InChI is InChI=1S/C19H32N6OS.HI/c1-20-18(22-15-12-14-9-10-16(15)26-14)21-11-5-8-17-23-24-19(27-2)25(17)13-6-3-4-7-13;/h13-16H,3-12H2,1-2H3,(H2,20,21,22);1H. The Hall–Kier alpha value is -0.550. The van der Waals surface area contributed by atoms with Crippen molar-refractivity contribution in [3.63, 3.8) is 0 Å². The summed E-state index contributed by atoms with van der Waals surface area (Å²) in [5.74, 6) is 2.02. The number of nitrogens with one attached hydrogen (secondary N) is 2. The van der Waals surface area contributed by atoms with E-state index in [-0.39, 0.29) is 24.0 Å². The minimum atomic E-state index is 0. The molecule has 3 atom stereocenters. The first kappa shape index (κ1) is 22.1. The lowest BCUT2D eigenvalue weighted by Gasteiger charge is -2.22. The molecule has 28 heavy (non-hydrogen) atoms. The molecule has 0 spiro atoms. The van der Waals surface area contributed by atoms with E-state index in [0.29, 0.717) is 24.3 Å². The minimum absolute atomic E-state index is 0. The average molecular weight is 520 g/mol. The summed E-state index contributed by atoms with van der Waals surface area (Å²) in [5.41, 5.74) is 0. The Labute approximate surface area is 189 Å². The number of aryl methyl sites for hydroxylation is 1. The van der Waals surface area contributed by atoms with Crippen LogP contribution in [0.3, 0.4) is 0 Å². The summed E-state index contributed by atoms with van der Waals surface area (Å²) in [6.45, 7) is 0.882. The van der Waals surface area contributed by atoms with E-state index >= 15 is 0 Å². The van der Waals surface area contributed by atoms with E-state index in [1.807, 2.05) is 7.05 Å². The average Bonchev–Trinajstić information content (AvgIpc) is 3.47. The molecule has 2 aliphatic heterocycles. The topological polar surface area (TPSA) is 76.4 Å². The van der Waals surface area contributed by atoms with Crippen molar-refractivity contribution in [1.29, 1.82) is 0 Å². The second-order valence-electron chi connectivity index (χ2n) is 7.87. The molecule has 3 aliphatic rings. The van der Waals surface area contributed by atoms with E-state index in [0.717, 1.165) is 42.7 Å². The summed E-state index contributed by atoms with van der Waals surface area (Å²) >= 11 is 1.71. The lowest BCUT2D eigenvalue weighted by Crippen LogP contribution is -2.47. The number of nitrogens with zero attached hydrogens (tertiary/aromatic N) is 4. The molecular formula is C19H33IN6OS. The third-order valence-electron chi connectivity index (χ3n) is 6.13. The van der Waals surface area contributed by atoms with Crippen molar-refractivity contribution >= 4 is 41.7 Å². The van der Waals surface area contributed by atoms with Gasteiger partial charge in [0, 0.05) is 26.1 Å². The van der Waals surface area contributed by atoms with Gasteiger partial charge in [0.25, 0.3) is 0 Å². The smallest absolute Gasteiger partial charge is 0.191 e. The highest BCUT2D eigenvalue weighted by Gasteiger charge is 2.41. The number of ether oxygens (including phenoxy) is 1. The molecule has 2 N–H and O–H groups in total. The van der Waals surface area contributed by atoms with Crippen LogP contribution in [0.4, 0.5) is 0 Å². The lowest BCUT2D eigenvalue weighted by atomic mass is 9.96. The molecule has 1 aliphatic carbocycles. The number of rotatable bonds is 7. The van der Waals surface area contributed by atoms with Crippen molar-refractivity contribution in [2.75, 3.05) is 19.8 Å². The number of aliphatic imine (C=N–C) groups is 1. The number of halogens is 1. The molecule has 1 aromatic rings. The molecule has 1 aromatic heterocycles. The van der Waals surface area contributed by atoms with Crippen molar-refractivity contribution in [3.05, 3.63) is 5.82 Å². The van der Waals surface area contributed by atoms with Crippen molar-refractivity contribution in [2.24, 2.45) is 4.99 Å². The summed E-state index contributed by atoms with van der Waals surface area (Å²) in [5, 5.41) is 17.0. The van der Waals surface area contributed by atoms with Crippen molar-refractivity contribution in [3.8, 4) is 0 Å². The Morgan fingerprint density at radius 3 is 2.71 bits per heavy atom. The summed E-state index contributed by atoms with van der Waals surface area (Å²) in [6, 6.07) is 1.00. The normalized spacial score (nSPS) is 27.2. The SMILES string of the molecule is CN=C(NCCCc1nnc(SC)n1C1CCCC1)NC1CC2CCC1O2.I. The molecule has 3 fully saturated rings. The Morgan fingerprint density at radius 1 is 1.25 bits per heavy atom. The van der Waals surface area contributed by atoms with Gasteiger partial charge in [-0.2, -0.15) is 0 Å². The zero-order valence-electron chi connectivity index (χ0n) is 16.9. The molecule has 7 nitrogen and oxygen atoms in total. The van der Waals surface area contributed by atoms with Crippen LogP contribution in [-0.4, -0.2) is 58.8 Å². The van der Waals surface area contributed by atoms with Gasteiger partial charge in [0.05, 0.1) is 18.2 Å². The maximum Gasteiger partial charge on any atom is 0.191 e. The molecule has 158 valence electrons. The Morgan fingerprint density at radius 2 is 2.07 bits per heavy atom. The fraction of sp³-hybridized carbons (Fsp3) is 0.842. The van der Waals surface area contributed by atoms with Crippen LogP contribution in [0.2, 0.25) is 0 Å². The van der Waals surface area contributed by atoms with Crippen LogP contribution >= 0.6 is 35.7 Å². The van der Waals surface area contributed by atoms with Crippen molar-refractivity contribution in [2.45, 2.75) is 87.2 Å². The number of fused-ring (bicyclic) bond motifs is 2. The molecule has 2 bridgehead atoms. The molecular weight excluding hydrogens is 487 g/mol. The summed E-state index contributed by atoms with van der Waals surface area (Å²) < 4.78 is 8.32. The number of thioether (sulfide) groups is 1. The van der Waals surface area contributed by atoms with Crippen LogP contribution < -0.4 is 10.6 Å². The van der Waals surface area contributed by atoms with Crippen LogP contribution in [0.25, 0.3) is 0 Å². The quantitative estimate of drug-likeness (QED) is 0.189. The monoisotopic (exact) mass is 520 g/mol. The number of guanidine groups is 1. The predicted octanol–water partition coefficient (Wildman–Crippen LogP) is 3.15. The van der Waals surface area contributed by atoms with Crippen LogP contribution in [0.5, 0.6) is 0 Å². The van der Waals surface area contributed by atoms with Gasteiger partial charge in [-0.3, -0.25) is 4.99 Å². The van der Waals surface area contributed by atoms with E-state index < -0.39 is 0 Å². The van der Waals surface area contributed by atoms with Gasteiger partial charge in [-0.25, -0.2) is 0 Å². The van der Waals surface area contributed by atoms with Gasteiger partial charge in [0.2, 0.25) is 0 Å². The van der Waals surface area contributed by atoms with Crippen LogP contribution in [0.15, 0.2) is 10.1 Å². The number of hydrogen-bond donors (Lipinski definition) is 2. The second kappa shape index (κ2) is 10.5. The fourth-order valence-electron chi connectivity index (χ4n) is 4.76. The van der Waals surface area contributed by atoms with E-state index in [9.17, 15) is 0 Å². The first-order chi connectivity index (χ1) is 13.3. The van der Waals surface area contributed by atoms with E-state index in [1.165, 1.54) is 38.5 Å². The van der Waals surface area contributed by atoms with E-state index in [1.54, 1.807) is 11.8 Å². The van der Waals surface area contributed by atoms with Crippen LogP contribution in [-0.2, 0) is 11.2 Å².